The third-order valence-corrected chi connectivity index (χ3v) is 8.87. The van der Waals surface area contributed by atoms with Crippen LogP contribution in [-0.2, 0) is 0 Å². The molecule has 0 aromatic carbocycles. The first-order valence-electron chi connectivity index (χ1n) is 9.84. The van der Waals surface area contributed by atoms with Crippen LogP contribution in [-0.4, -0.2) is 10.9 Å². The molecule has 0 aromatic rings. The largest absolute Gasteiger partial charge is 0.411 e. The Morgan fingerprint density at radius 3 is 2.57 bits per heavy atom. The van der Waals surface area contributed by atoms with E-state index in [0.717, 1.165) is 29.4 Å². The molecule has 23 heavy (non-hydrogen) atoms. The maximum absolute atomic E-state index is 9.31. The molecule has 3 saturated carbocycles. The van der Waals surface area contributed by atoms with Gasteiger partial charge >= 0.3 is 0 Å². The van der Waals surface area contributed by atoms with Crippen LogP contribution in [0.3, 0.4) is 0 Å². The van der Waals surface area contributed by atoms with Gasteiger partial charge in [0.25, 0.3) is 0 Å². The monoisotopic (exact) mass is 315 g/mol. The SMILES string of the molecule is CC(=NO)[C@H]1CC[C@H]2[C@@H]3CC[C@H]4CC=CC[C@]4(C)[C@H]3CC[C@]12C. The Morgan fingerprint density at radius 1 is 1.00 bits per heavy atom. The smallest absolute Gasteiger partial charge is 0.0576 e. The molecule has 0 amide bonds. The third-order valence-electron chi connectivity index (χ3n) is 8.87. The van der Waals surface area contributed by atoms with Crippen molar-refractivity contribution in [3.05, 3.63) is 12.2 Å². The summed E-state index contributed by atoms with van der Waals surface area (Å²) in [5, 5.41) is 12.9. The van der Waals surface area contributed by atoms with Crippen molar-refractivity contribution >= 4 is 5.71 Å². The highest BCUT2D eigenvalue weighted by Gasteiger charge is 2.59. The van der Waals surface area contributed by atoms with Gasteiger partial charge in [-0.05, 0) is 92.8 Å². The van der Waals surface area contributed by atoms with Crippen LogP contribution in [0, 0.1) is 40.4 Å². The van der Waals surface area contributed by atoms with Crippen LogP contribution in [0.25, 0.3) is 0 Å². The van der Waals surface area contributed by atoms with Crippen molar-refractivity contribution in [3.63, 3.8) is 0 Å². The molecule has 3 fully saturated rings. The van der Waals surface area contributed by atoms with E-state index in [-0.39, 0.29) is 0 Å². The average Bonchev–Trinajstić information content (AvgIpc) is 2.91. The summed E-state index contributed by atoms with van der Waals surface area (Å²) in [5.74, 6) is 4.13. The van der Waals surface area contributed by atoms with Crippen molar-refractivity contribution in [1.82, 2.24) is 0 Å². The average molecular weight is 316 g/mol. The Balaban J connectivity index is 1.64. The highest BCUT2D eigenvalue weighted by molar-refractivity contribution is 5.84. The number of nitrogens with zero attached hydrogens (tertiary/aromatic N) is 1. The minimum absolute atomic E-state index is 0.380. The maximum Gasteiger partial charge on any atom is 0.0576 e. The van der Waals surface area contributed by atoms with Crippen molar-refractivity contribution in [2.45, 2.75) is 72.1 Å². The van der Waals surface area contributed by atoms with E-state index >= 15 is 0 Å². The molecule has 4 aliphatic rings. The molecular formula is C21H33NO. The summed E-state index contributed by atoms with van der Waals surface area (Å²) in [4.78, 5) is 0. The van der Waals surface area contributed by atoms with E-state index in [9.17, 15) is 5.21 Å². The lowest BCUT2D eigenvalue weighted by Crippen LogP contribution is -2.52. The predicted molar refractivity (Wildman–Crippen MR) is 94.6 cm³/mol. The molecule has 2 nitrogen and oxygen atoms in total. The van der Waals surface area contributed by atoms with Crippen molar-refractivity contribution < 1.29 is 5.21 Å². The molecule has 2 heteroatoms. The Kier molecular flexibility index (Phi) is 3.66. The Hall–Kier alpha value is -0.790. The zero-order valence-corrected chi connectivity index (χ0v) is 15.1. The fourth-order valence-electron chi connectivity index (χ4n) is 7.59. The second kappa shape index (κ2) is 5.36. The van der Waals surface area contributed by atoms with E-state index in [1.54, 1.807) is 0 Å². The highest BCUT2D eigenvalue weighted by atomic mass is 16.4. The van der Waals surface area contributed by atoms with E-state index in [1.807, 2.05) is 6.92 Å². The second-order valence-electron chi connectivity index (χ2n) is 9.48. The fourth-order valence-corrected chi connectivity index (χ4v) is 7.59. The molecule has 0 aromatic heterocycles. The van der Waals surface area contributed by atoms with Gasteiger partial charge in [-0.3, -0.25) is 0 Å². The third kappa shape index (κ3) is 2.09. The Labute approximate surface area is 141 Å². The van der Waals surface area contributed by atoms with Crippen molar-refractivity contribution in [2.75, 3.05) is 0 Å². The van der Waals surface area contributed by atoms with E-state index in [0.29, 0.717) is 16.7 Å². The first-order chi connectivity index (χ1) is 11.0. The van der Waals surface area contributed by atoms with Gasteiger partial charge in [-0.25, -0.2) is 0 Å². The van der Waals surface area contributed by atoms with Crippen molar-refractivity contribution in [1.29, 1.82) is 0 Å². The predicted octanol–water partition coefficient (Wildman–Crippen LogP) is 5.66. The standard InChI is InChI=1S/C21H33NO/c1-14(22-23)17-9-10-18-16-8-7-15-6-4-5-12-20(15,2)19(16)11-13-21(17,18)3/h4-5,15-19,23H,6-13H2,1-3H3/t15-,16+,17-,18+,19+,20+,21-/m1/s1. The lowest BCUT2D eigenvalue weighted by atomic mass is 9.45. The summed E-state index contributed by atoms with van der Waals surface area (Å²) < 4.78 is 0. The number of allylic oxidation sites excluding steroid dienone is 2. The summed E-state index contributed by atoms with van der Waals surface area (Å²) in [6.07, 6.45) is 15.7. The van der Waals surface area contributed by atoms with Crippen LogP contribution in [0.4, 0.5) is 0 Å². The maximum atomic E-state index is 9.31. The molecular weight excluding hydrogens is 282 g/mol. The topological polar surface area (TPSA) is 32.6 Å². The molecule has 0 aliphatic heterocycles. The molecule has 0 spiro atoms. The van der Waals surface area contributed by atoms with Gasteiger partial charge in [-0.1, -0.05) is 31.2 Å². The quantitative estimate of drug-likeness (QED) is 0.288. The van der Waals surface area contributed by atoms with E-state index in [2.05, 4.69) is 31.2 Å². The van der Waals surface area contributed by atoms with E-state index in [4.69, 9.17) is 0 Å². The molecule has 4 aliphatic carbocycles. The van der Waals surface area contributed by atoms with Crippen LogP contribution >= 0.6 is 0 Å². The molecule has 1 N–H and O–H groups in total. The lowest BCUT2D eigenvalue weighted by Gasteiger charge is -2.59. The van der Waals surface area contributed by atoms with Crippen LogP contribution in [0.5, 0.6) is 0 Å². The minimum atomic E-state index is 0.380. The summed E-state index contributed by atoms with van der Waals surface area (Å²) in [6.45, 7) is 7.15. The minimum Gasteiger partial charge on any atom is -0.411 e. The van der Waals surface area contributed by atoms with E-state index in [1.165, 1.54) is 51.4 Å². The molecule has 0 bridgehead atoms. The molecule has 128 valence electrons. The lowest BCUT2D eigenvalue weighted by molar-refractivity contribution is -0.0914. The van der Waals surface area contributed by atoms with Gasteiger partial charge in [0.1, 0.15) is 0 Å². The van der Waals surface area contributed by atoms with Gasteiger partial charge in [-0.15, -0.1) is 0 Å². The molecule has 4 rings (SSSR count). The highest BCUT2D eigenvalue weighted by Crippen LogP contribution is 2.67. The zero-order chi connectivity index (χ0) is 16.2. The van der Waals surface area contributed by atoms with Crippen molar-refractivity contribution in [3.8, 4) is 0 Å². The summed E-state index contributed by atoms with van der Waals surface area (Å²) in [6, 6.07) is 0. The Morgan fingerprint density at radius 2 is 1.78 bits per heavy atom. The number of oxime groups is 1. The number of hydrogen-bond donors (Lipinski definition) is 1. The van der Waals surface area contributed by atoms with Crippen LogP contribution in [0.2, 0.25) is 0 Å². The number of fused-ring (bicyclic) bond motifs is 5. The van der Waals surface area contributed by atoms with Crippen LogP contribution < -0.4 is 0 Å². The normalized spacial score (nSPS) is 52.7. The van der Waals surface area contributed by atoms with Gasteiger partial charge in [0, 0.05) is 5.92 Å². The first-order valence-corrected chi connectivity index (χ1v) is 9.84. The molecule has 0 radical (unpaired) electrons. The summed E-state index contributed by atoms with van der Waals surface area (Å²) >= 11 is 0. The van der Waals surface area contributed by atoms with Gasteiger partial charge in [0.15, 0.2) is 0 Å². The van der Waals surface area contributed by atoms with Crippen LogP contribution in [0.15, 0.2) is 17.3 Å². The Bertz CT molecular complexity index is 538. The van der Waals surface area contributed by atoms with Crippen molar-refractivity contribution in [2.24, 2.45) is 45.6 Å². The van der Waals surface area contributed by atoms with Gasteiger partial charge in [-0.2, -0.15) is 0 Å². The first kappa shape index (κ1) is 15.7. The van der Waals surface area contributed by atoms with Gasteiger partial charge < -0.3 is 5.21 Å². The molecule has 7 atom stereocenters. The number of rotatable bonds is 1. The second-order valence-corrected chi connectivity index (χ2v) is 9.48. The zero-order valence-electron chi connectivity index (χ0n) is 15.1. The van der Waals surface area contributed by atoms with Gasteiger partial charge in [0.05, 0.1) is 5.71 Å². The molecule has 0 saturated heterocycles. The van der Waals surface area contributed by atoms with E-state index < -0.39 is 0 Å². The summed E-state index contributed by atoms with van der Waals surface area (Å²) in [7, 11) is 0. The van der Waals surface area contributed by atoms with Crippen LogP contribution in [0.1, 0.15) is 72.1 Å². The fraction of sp³-hybridized carbons (Fsp3) is 0.857. The number of hydrogen-bond acceptors (Lipinski definition) is 2. The van der Waals surface area contributed by atoms with Gasteiger partial charge in [0.2, 0.25) is 0 Å². The molecule has 0 heterocycles. The summed E-state index contributed by atoms with van der Waals surface area (Å²) in [5.41, 5.74) is 1.91. The molecule has 0 unspecified atom stereocenters.